The third kappa shape index (κ3) is 6.21. The molecule has 0 aliphatic heterocycles. The summed E-state index contributed by atoms with van der Waals surface area (Å²) in [6.07, 6.45) is -4.63. The minimum absolute atomic E-state index is 0.0152. The Morgan fingerprint density at radius 1 is 0.971 bits per heavy atom. The number of alkyl halides is 3. The van der Waals surface area contributed by atoms with Gasteiger partial charge < -0.3 is 14.2 Å². The number of para-hydroxylation sites is 2. The molecule has 34 heavy (non-hydrogen) atoms. The number of nitrogens with zero attached hydrogens (tertiary/aromatic N) is 2. The summed E-state index contributed by atoms with van der Waals surface area (Å²) in [6, 6.07) is 14.8. The van der Waals surface area contributed by atoms with Gasteiger partial charge in [-0.3, -0.25) is 4.79 Å². The van der Waals surface area contributed by atoms with E-state index in [1.54, 1.807) is 37.3 Å². The van der Waals surface area contributed by atoms with Gasteiger partial charge in [-0.15, -0.1) is 0 Å². The van der Waals surface area contributed by atoms with E-state index in [-0.39, 0.29) is 24.7 Å². The van der Waals surface area contributed by atoms with Gasteiger partial charge in [0.2, 0.25) is 0 Å². The second kappa shape index (κ2) is 10.6. The Hall–Kier alpha value is -4.15. The summed E-state index contributed by atoms with van der Waals surface area (Å²) < 4.78 is 53.5. The average molecular weight is 476 g/mol. The topological polar surface area (TPSA) is 96.7 Å². The maximum absolute atomic E-state index is 13.1. The molecule has 0 amide bonds. The highest BCUT2D eigenvalue weighted by atomic mass is 19.4. The van der Waals surface area contributed by atoms with Gasteiger partial charge in [0.15, 0.2) is 12.3 Å². The van der Waals surface area contributed by atoms with E-state index >= 15 is 0 Å². The van der Waals surface area contributed by atoms with Crippen molar-refractivity contribution in [3.8, 4) is 11.4 Å². The summed E-state index contributed by atoms with van der Waals surface area (Å²) in [4.78, 5) is 38.1. The number of benzene rings is 2. The lowest BCUT2D eigenvalue weighted by Crippen LogP contribution is -2.31. The van der Waals surface area contributed by atoms with E-state index in [1.165, 1.54) is 24.3 Å². The molecule has 0 aliphatic carbocycles. The van der Waals surface area contributed by atoms with E-state index in [0.717, 1.165) is 6.07 Å². The van der Waals surface area contributed by atoms with Gasteiger partial charge in [0, 0.05) is 0 Å². The Bertz CT molecular complexity index is 1230. The Labute approximate surface area is 191 Å². The molecular weight excluding hydrogens is 457 g/mol. The smallest absolute Gasteiger partial charge is 0.422 e. The zero-order chi connectivity index (χ0) is 24.7. The lowest BCUT2D eigenvalue weighted by Gasteiger charge is -2.15. The van der Waals surface area contributed by atoms with Crippen molar-refractivity contribution in [3.05, 3.63) is 87.8 Å². The molecule has 0 spiro atoms. The van der Waals surface area contributed by atoms with Crippen molar-refractivity contribution in [1.82, 2.24) is 9.78 Å². The van der Waals surface area contributed by atoms with Crippen LogP contribution in [0.15, 0.2) is 65.5 Å². The average Bonchev–Trinajstić information content (AvgIpc) is 2.82. The highest BCUT2D eigenvalue weighted by Gasteiger charge is 2.29. The number of carbonyl (C=O) groups is 2. The lowest BCUT2D eigenvalue weighted by molar-refractivity contribution is -0.153. The number of aromatic nitrogens is 2. The highest BCUT2D eigenvalue weighted by Crippen LogP contribution is 2.24. The first-order valence-corrected chi connectivity index (χ1v) is 10.0. The van der Waals surface area contributed by atoms with E-state index in [9.17, 15) is 27.6 Å². The molecule has 1 aromatic heterocycles. The molecule has 0 unspecified atom stereocenters. The van der Waals surface area contributed by atoms with Gasteiger partial charge in [-0.25, -0.2) is 9.59 Å². The van der Waals surface area contributed by atoms with E-state index in [0.29, 0.717) is 10.2 Å². The summed E-state index contributed by atoms with van der Waals surface area (Å²) in [5.74, 6) is -2.33. The molecule has 8 nitrogen and oxygen atoms in total. The number of hydrogen-bond acceptors (Lipinski definition) is 7. The molecule has 3 aromatic rings. The third-order valence-corrected chi connectivity index (χ3v) is 4.31. The van der Waals surface area contributed by atoms with Crippen LogP contribution in [-0.2, 0) is 16.1 Å². The van der Waals surface area contributed by atoms with Gasteiger partial charge >= 0.3 is 18.1 Å². The van der Waals surface area contributed by atoms with Crippen LogP contribution in [0.2, 0.25) is 0 Å². The van der Waals surface area contributed by atoms with Crippen molar-refractivity contribution in [2.75, 3.05) is 13.2 Å². The largest absolute Gasteiger partial charge is 0.482 e. The zero-order valence-electron chi connectivity index (χ0n) is 17.9. The Morgan fingerprint density at radius 3 is 2.32 bits per heavy atom. The number of hydrogen-bond donors (Lipinski definition) is 0. The Kier molecular flexibility index (Phi) is 7.67. The minimum Gasteiger partial charge on any atom is -0.482 e. The van der Waals surface area contributed by atoms with E-state index in [1.807, 2.05) is 0 Å². The first kappa shape index (κ1) is 24.5. The van der Waals surface area contributed by atoms with Crippen molar-refractivity contribution < 1.29 is 37.0 Å². The van der Waals surface area contributed by atoms with Crippen LogP contribution < -0.4 is 10.3 Å². The number of halogens is 3. The molecule has 0 bridgehead atoms. The van der Waals surface area contributed by atoms with E-state index < -0.39 is 41.5 Å². The summed E-state index contributed by atoms with van der Waals surface area (Å²) in [6.45, 7) is -0.244. The van der Waals surface area contributed by atoms with Gasteiger partial charge in [0.25, 0.3) is 5.56 Å². The van der Waals surface area contributed by atoms with Crippen LogP contribution in [0.1, 0.15) is 33.3 Å². The first-order chi connectivity index (χ1) is 16.2. The fourth-order valence-electron chi connectivity index (χ4n) is 2.82. The second-order valence-corrected chi connectivity index (χ2v) is 6.81. The molecule has 0 atom stereocenters. The van der Waals surface area contributed by atoms with Gasteiger partial charge in [0.05, 0.1) is 6.61 Å². The van der Waals surface area contributed by atoms with Gasteiger partial charge in [-0.05, 0) is 30.7 Å². The number of rotatable bonds is 8. The second-order valence-electron chi connectivity index (χ2n) is 6.81. The van der Waals surface area contributed by atoms with Crippen molar-refractivity contribution in [1.29, 1.82) is 0 Å². The minimum atomic E-state index is -4.63. The molecule has 0 saturated heterocycles. The Balaban J connectivity index is 2.04. The normalized spacial score (nSPS) is 11.1. The molecule has 0 N–H and O–H groups in total. The van der Waals surface area contributed by atoms with Crippen molar-refractivity contribution in [2.24, 2.45) is 0 Å². The van der Waals surface area contributed by atoms with Crippen LogP contribution in [-0.4, -0.2) is 41.1 Å². The molecule has 1 heterocycles. The fraction of sp³-hybridized carbons (Fsp3) is 0.217. The predicted octanol–water partition coefficient (Wildman–Crippen LogP) is 3.71. The molecule has 0 aliphatic rings. The third-order valence-electron chi connectivity index (χ3n) is 4.31. The monoisotopic (exact) mass is 476 g/mol. The molecular formula is C23H19F3N2O6. The van der Waals surface area contributed by atoms with Gasteiger partial charge in [0.1, 0.15) is 23.6 Å². The molecule has 0 radical (unpaired) electrons. The van der Waals surface area contributed by atoms with Crippen LogP contribution in [0.4, 0.5) is 13.2 Å². The van der Waals surface area contributed by atoms with E-state index in [4.69, 9.17) is 14.2 Å². The van der Waals surface area contributed by atoms with Crippen LogP contribution in [0.3, 0.4) is 0 Å². The molecule has 178 valence electrons. The molecule has 2 aromatic carbocycles. The highest BCUT2D eigenvalue weighted by molar-refractivity contribution is 5.93. The van der Waals surface area contributed by atoms with Crippen molar-refractivity contribution in [2.45, 2.75) is 19.7 Å². The predicted molar refractivity (Wildman–Crippen MR) is 113 cm³/mol. The maximum Gasteiger partial charge on any atom is 0.422 e. The summed E-state index contributed by atoms with van der Waals surface area (Å²) in [7, 11) is 0. The number of carbonyl (C=O) groups excluding carboxylic acids is 2. The molecule has 0 fully saturated rings. The van der Waals surface area contributed by atoms with Crippen LogP contribution >= 0.6 is 0 Å². The molecule has 0 saturated carbocycles. The lowest BCUT2D eigenvalue weighted by atomic mass is 10.2. The zero-order valence-corrected chi connectivity index (χ0v) is 17.9. The van der Waals surface area contributed by atoms with Gasteiger partial charge in [-0.1, -0.05) is 42.5 Å². The Morgan fingerprint density at radius 2 is 1.65 bits per heavy atom. The maximum atomic E-state index is 13.1. The molecule has 3 rings (SSSR count). The quantitative estimate of drug-likeness (QED) is 0.458. The summed E-state index contributed by atoms with van der Waals surface area (Å²) >= 11 is 0. The van der Waals surface area contributed by atoms with Gasteiger partial charge in [-0.2, -0.15) is 23.0 Å². The standard InChI is InChI=1S/C23H19F3N2O6/c1-2-32-22(31)17-12-16(21(30)33-13-15-8-4-3-5-9-15)20(29)28(27-17)18-10-6-7-11-19(18)34-14-23(24,25)26/h3-12H,2,13-14H2,1H3. The van der Waals surface area contributed by atoms with Crippen molar-refractivity contribution >= 4 is 11.9 Å². The number of ether oxygens (including phenoxy) is 3. The van der Waals surface area contributed by atoms with E-state index in [2.05, 4.69) is 5.10 Å². The van der Waals surface area contributed by atoms with Crippen LogP contribution in [0.25, 0.3) is 5.69 Å². The summed E-state index contributed by atoms with van der Waals surface area (Å²) in [5, 5.41) is 3.89. The van der Waals surface area contributed by atoms with Crippen LogP contribution in [0.5, 0.6) is 5.75 Å². The number of esters is 2. The van der Waals surface area contributed by atoms with Crippen LogP contribution in [0, 0.1) is 0 Å². The van der Waals surface area contributed by atoms with Crippen molar-refractivity contribution in [3.63, 3.8) is 0 Å². The first-order valence-electron chi connectivity index (χ1n) is 10.0. The molecule has 11 heteroatoms. The fourth-order valence-corrected chi connectivity index (χ4v) is 2.82. The summed E-state index contributed by atoms with van der Waals surface area (Å²) in [5.41, 5.74) is -1.55. The SMILES string of the molecule is CCOC(=O)c1cc(C(=O)OCc2ccccc2)c(=O)n(-c2ccccc2OCC(F)(F)F)n1.